The number of piperidine rings is 1. The van der Waals surface area contributed by atoms with Gasteiger partial charge in [-0.25, -0.2) is 4.98 Å². The lowest BCUT2D eigenvalue weighted by Gasteiger charge is -2.32. The molecule has 0 radical (unpaired) electrons. The van der Waals surface area contributed by atoms with E-state index < -0.39 is 0 Å². The van der Waals surface area contributed by atoms with Crippen LogP contribution in [0.15, 0.2) is 42.6 Å². The number of nitrogens with zero attached hydrogens (tertiary/aromatic N) is 4. The van der Waals surface area contributed by atoms with Crippen LogP contribution < -0.4 is 15.0 Å². The summed E-state index contributed by atoms with van der Waals surface area (Å²) in [4.78, 5) is 25.4. The largest absolute Gasteiger partial charge is 0.467 e. The molecule has 2 aromatic rings. The Morgan fingerprint density at radius 1 is 1.23 bits per heavy atom. The minimum atomic E-state index is 0.160. The number of carbonyl (C=O) groups excluding carboxylic acids is 1. The van der Waals surface area contributed by atoms with Gasteiger partial charge in [0.2, 0.25) is 5.91 Å². The highest BCUT2D eigenvalue weighted by Crippen LogP contribution is 2.24. The molecule has 1 aliphatic rings. The zero-order valence-corrected chi connectivity index (χ0v) is 18.1. The van der Waals surface area contributed by atoms with Crippen LogP contribution in [0.4, 0.5) is 5.82 Å². The van der Waals surface area contributed by atoms with E-state index in [4.69, 9.17) is 4.74 Å². The number of methoxy groups -OCH3 is 1. The van der Waals surface area contributed by atoms with Crippen LogP contribution in [0.3, 0.4) is 0 Å². The summed E-state index contributed by atoms with van der Waals surface area (Å²) >= 11 is 0. The van der Waals surface area contributed by atoms with Crippen molar-refractivity contribution < 1.29 is 9.53 Å². The summed E-state index contributed by atoms with van der Waals surface area (Å²) in [6, 6.07) is 12.8. The zero-order chi connectivity index (χ0) is 21.2. The van der Waals surface area contributed by atoms with Gasteiger partial charge >= 0.3 is 6.01 Å². The van der Waals surface area contributed by atoms with E-state index in [1.807, 2.05) is 12.1 Å². The molecule has 1 amide bonds. The van der Waals surface area contributed by atoms with E-state index in [2.05, 4.69) is 56.3 Å². The number of hydrogen-bond donors (Lipinski definition) is 1. The summed E-state index contributed by atoms with van der Waals surface area (Å²) in [6.45, 7) is 7.41. The van der Waals surface area contributed by atoms with E-state index in [-0.39, 0.29) is 5.91 Å². The topological polar surface area (TPSA) is 70.6 Å². The number of likely N-dealkylation sites (N-methyl/N-ethyl adjacent to an activating group) is 1. The molecule has 0 atom stereocenters. The second-order valence-corrected chi connectivity index (χ2v) is 7.74. The van der Waals surface area contributed by atoms with Crippen molar-refractivity contribution >= 4 is 11.7 Å². The second-order valence-electron chi connectivity index (χ2n) is 7.74. The summed E-state index contributed by atoms with van der Waals surface area (Å²) in [5.41, 5.74) is 1.30. The van der Waals surface area contributed by atoms with E-state index >= 15 is 0 Å². The highest BCUT2D eigenvalue weighted by molar-refractivity contribution is 5.76. The third-order valence-corrected chi connectivity index (χ3v) is 5.66. The van der Waals surface area contributed by atoms with Crippen LogP contribution in [0.1, 0.15) is 31.7 Å². The maximum Gasteiger partial charge on any atom is 0.318 e. The van der Waals surface area contributed by atoms with Crippen molar-refractivity contribution in [2.24, 2.45) is 5.92 Å². The number of aromatic nitrogens is 2. The molecule has 2 heterocycles. The fourth-order valence-corrected chi connectivity index (χ4v) is 3.85. The Hall–Kier alpha value is -2.67. The van der Waals surface area contributed by atoms with Crippen LogP contribution in [0.25, 0.3) is 0 Å². The van der Waals surface area contributed by atoms with Gasteiger partial charge in [0.25, 0.3) is 0 Å². The second kappa shape index (κ2) is 11.5. The molecule has 3 rings (SSSR count). The van der Waals surface area contributed by atoms with E-state index in [9.17, 15) is 4.79 Å². The molecule has 7 heteroatoms. The quantitative estimate of drug-likeness (QED) is 0.648. The van der Waals surface area contributed by atoms with Gasteiger partial charge in [-0.15, -0.1) is 0 Å². The van der Waals surface area contributed by atoms with Crippen molar-refractivity contribution in [3.63, 3.8) is 0 Å². The Morgan fingerprint density at radius 2 is 2.00 bits per heavy atom. The van der Waals surface area contributed by atoms with E-state index in [1.165, 1.54) is 5.56 Å². The standard InChI is InChI=1S/C23H33N5O2/c1-3-27(18-20-7-5-4-6-8-20)16-13-24-22(29)17-19-10-14-28(15-11-19)21-9-12-25-23(26-21)30-2/h4-9,12,19H,3,10-11,13-18H2,1-2H3,(H,24,29). The van der Waals surface area contributed by atoms with Crippen molar-refractivity contribution in [3.05, 3.63) is 48.2 Å². The number of hydrogen-bond acceptors (Lipinski definition) is 6. The first-order chi connectivity index (χ1) is 14.7. The lowest BCUT2D eigenvalue weighted by Crippen LogP contribution is -2.38. The Bertz CT molecular complexity index is 778. The first-order valence-electron chi connectivity index (χ1n) is 10.8. The fourth-order valence-electron chi connectivity index (χ4n) is 3.85. The summed E-state index contributed by atoms with van der Waals surface area (Å²) in [7, 11) is 1.57. The maximum absolute atomic E-state index is 12.4. The number of amides is 1. The van der Waals surface area contributed by atoms with Crippen molar-refractivity contribution in [2.75, 3.05) is 44.7 Å². The highest BCUT2D eigenvalue weighted by Gasteiger charge is 2.22. The first-order valence-corrected chi connectivity index (χ1v) is 10.8. The number of nitrogens with one attached hydrogen (secondary N) is 1. The molecule has 30 heavy (non-hydrogen) atoms. The van der Waals surface area contributed by atoms with E-state index in [0.717, 1.165) is 51.4 Å². The molecule has 0 aliphatic carbocycles. The predicted molar refractivity (Wildman–Crippen MR) is 119 cm³/mol. The number of ether oxygens (including phenoxy) is 1. The molecular formula is C23H33N5O2. The molecule has 0 spiro atoms. The molecule has 1 aliphatic heterocycles. The molecule has 0 unspecified atom stereocenters. The average Bonchev–Trinajstić information content (AvgIpc) is 2.79. The third-order valence-electron chi connectivity index (χ3n) is 5.66. The zero-order valence-electron chi connectivity index (χ0n) is 18.1. The van der Waals surface area contributed by atoms with Gasteiger partial charge in [0, 0.05) is 45.3 Å². The van der Waals surface area contributed by atoms with E-state index in [0.29, 0.717) is 24.9 Å². The molecular weight excluding hydrogens is 378 g/mol. The van der Waals surface area contributed by atoms with Crippen LogP contribution in [0.5, 0.6) is 6.01 Å². The van der Waals surface area contributed by atoms with Crippen LogP contribution >= 0.6 is 0 Å². The van der Waals surface area contributed by atoms with Crippen molar-refractivity contribution in [1.82, 2.24) is 20.2 Å². The molecule has 1 aromatic carbocycles. The molecule has 7 nitrogen and oxygen atoms in total. The molecule has 1 aromatic heterocycles. The molecule has 0 bridgehead atoms. The monoisotopic (exact) mass is 411 g/mol. The van der Waals surface area contributed by atoms with Gasteiger partial charge in [0.05, 0.1) is 7.11 Å². The highest BCUT2D eigenvalue weighted by atomic mass is 16.5. The summed E-state index contributed by atoms with van der Waals surface area (Å²) in [6.07, 6.45) is 4.31. The minimum absolute atomic E-state index is 0.160. The number of benzene rings is 1. The van der Waals surface area contributed by atoms with Gasteiger partial charge in [-0.2, -0.15) is 4.98 Å². The molecule has 162 valence electrons. The van der Waals surface area contributed by atoms with Crippen molar-refractivity contribution in [2.45, 2.75) is 32.7 Å². The van der Waals surface area contributed by atoms with Gasteiger partial charge in [-0.05, 0) is 36.9 Å². The SMILES string of the molecule is CCN(CCNC(=O)CC1CCN(c2ccnc(OC)n2)CC1)Cc1ccccc1. The Balaban J connectivity index is 1.35. The maximum atomic E-state index is 12.4. The lowest BCUT2D eigenvalue weighted by atomic mass is 9.93. The predicted octanol–water partition coefficient (Wildman–Crippen LogP) is 2.73. The molecule has 1 N–H and O–H groups in total. The average molecular weight is 412 g/mol. The summed E-state index contributed by atoms with van der Waals surface area (Å²) < 4.78 is 5.11. The van der Waals surface area contributed by atoms with Crippen LogP contribution in [-0.4, -0.2) is 60.6 Å². The van der Waals surface area contributed by atoms with E-state index in [1.54, 1.807) is 13.3 Å². The van der Waals surface area contributed by atoms with Gasteiger partial charge in [-0.3, -0.25) is 9.69 Å². The number of carbonyl (C=O) groups is 1. The Labute approximate surface area is 179 Å². The molecule has 0 saturated carbocycles. The Morgan fingerprint density at radius 3 is 2.70 bits per heavy atom. The summed E-state index contributed by atoms with van der Waals surface area (Å²) in [5.74, 6) is 1.48. The fraction of sp³-hybridized carbons (Fsp3) is 0.522. The molecule has 1 saturated heterocycles. The van der Waals surface area contributed by atoms with Crippen LogP contribution in [-0.2, 0) is 11.3 Å². The Kier molecular flexibility index (Phi) is 8.44. The van der Waals surface area contributed by atoms with Crippen LogP contribution in [0.2, 0.25) is 0 Å². The number of rotatable bonds is 10. The van der Waals surface area contributed by atoms with Gasteiger partial charge in [-0.1, -0.05) is 37.3 Å². The minimum Gasteiger partial charge on any atom is -0.467 e. The van der Waals surface area contributed by atoms with Crippen LogP contribution in [0, 0.1) is 5.92 Å². The third kappa shape index (κ3) is 6.69. The summed E-state index contributed by atoms with van der Waals surface area (Å²) in [5, 5.41) is 3.11. The first kappa shape index (κ1) is 22.0. The lowest BCUT2D eigenvalue weighted by molar-refractivity contribution is -0.122. The van der Waals surface area contributed by atoms with Crippen molar-refractivity contribution in [3.8, 4) is 6.01 Å². The van der Waals surface area contributed by atoms with Gasteiger partial charge in [0.1, 0.15) is 5.82 Å². The normalized spacial score (nSPS) is 14.7. The smallest absolute Gasteiger partial charge is 0.318 e. The van der Waals surface area contributed by atoms with Crippen molar-refractivity contribution in [1.29, 1.82) is 0 Å². The molecule has 1 fully saturated rings. The van der Waals surface area contributed by atoms with Gasteiger partial charge < -0.3 is 15.0 Å². The number of anilines is 1. The van der Waals surface area contributed by atoms with Gasteiger partial charge in [0.15, 0.2) is 0 Å².